The molecule has 0 radical (unpaired) electrons. The second-order valence-corrected chi connectivity index (χ2v) is 6.10. The number of H-pyrrole nitrogens is 1. The Morgan fingerprint density at radius 3 is 2.70 bits per heavy atom. The van der Waals surface area contributed by atoms with E-state index in [0.717, 1.165) is 16.7 Å². The lowest BCUT2D eigenvalue weighted by Gasteiger charge is -2.04. The Morgan fingerprint density at radius 1 is 1.17 bits per heavy atom. The molecule has 0 aliphatic rings. The third-order valence-corrected chi connectivity index (χ3v) is 4.31. The molecular formula is C16H12Cl2N4S. The molecule has 7 heteroatoms. The first kappa shape index (κ1) is 15.9. The monoisotopic (exact) mass is 362 g/mol. The summed E-state index contributed by atoms with van der Waals surface area (Å²) < 4.78 is 2.00. The number of aromatic amines is 1. The standard InChI is InChI=1S/C16H12Cl2N4S/c1-10-4-2-3-5-12(10)15-20-21-16(23)22(15)19-9-11-6-7-13(17)14(18)8-11/h2-9H,1H3,(H,21,23)/b19-9-. The highest BCUT2D eigenvalue weighted by Gasteiger charge is 2.10. The van der Waals surface area contributed by atoms with Crippen LogP contribution in [-0.4, -0.2) is 21.1 Å². The van der Waals surface area contributed by atoms with Crippen LogP contribution in [0, 0.1) is 11.7 Å². The summed E-state index contributed by atoms with van der Waals surface area (Å²) in [5.74, 6) is 0.657. The van der Waals surface area contributed by atoms with E-state index in [1.807, 2.05) is 37.3 Å². The molecule has 23 heavy (non-hydrogen) atoms. The van der Waals surface area contributed by atoms with Crippen LogP contribution in [0.5, 0.6) is 0 Å². The van der Waals surface area contributed by atoms with E-state index in [1.54, 1.807) is 23.0 Å². The molecular weight excluding hydrogens is 351 g/mol. The molecule has 0 spiro atoms. The number of hydrogen-bond donors (Lipinski definition) is 1. The average molecular weight is 363 g/mol. The maximum atomic E-state index is 6.01. The molecule has 1 aromatic heterocycles. The van der Waals surface area contributed by atoms with Crippen molar-refractivity contribution in [2.45, 2.75) is 6.92 Å². The van der Waals surface area contributed by atoms with Crippen LogP contribution in [0.3, 0.4) is 0 Å². The maximum Gasteiger partial charge on any atom is 0.216 e. The predicted molar refractivity (Wildman–Crippen MR) is 97.0 cm³/mol. The van der Waals surface area contributed by atoms with E-state index >= 15 is 0 Å². The number of aromatic nitrogens is 3. The Hall–Kier alpha value is -1.95. The fourth-order valence-electron chi connectivity index (χ4n) is 2.11. The first-order valence-corrected chi connectivity index (χ1v) is 7.95. The SMILES string of the molecule is Cc1ccccc1-c1n[nH]c(=S)n1/N=C\c1ccc(Cl)c(Cl)c1. The maximum absolute atomic E-state index is 6.01. The van der Waals surface area contributed by atoms with E-state index in [9.17, 15) is 0 Å². The summed E-state index contributed by atoms with van der Waals surface area (Å²) >= 11 is 17.2. The number of aryl methyl sites for hydroxylation is 1. The highest BCUT2D eigenvalue weighted by atomic mass is 35.5. The van der Waals surface area contributed by atoms with Crippen LogP contribution >= 0.6 is 35.4 Å². The molecule has 2 aromatic carbocycles. The van der Waals surface area contributed by atoms with Crippen molar-refractivity contribution >= 4 is 41.6 Å². The van der Waals surface area contributed by atoms with Gasteiger partial charge in [0.2, 0.25) is 4.77 Å². The first-order chi connectivity index (χ1) is 11.1. The summed E-state index contributed by atoms with van der Waals surface area (Å²) in [6.07, 6.45) is 1.66. The summed E-state index contributed by atoms with van der Waals surface area (Å²) in [7, 11) is 0. The second kappa shape index (κ2) is 6.66. The van der Waals surface area contributed by atoms with Gasteiger partial charge >= 0.3 is 0 Å². The first-order valence-electron chi connectivity index (χ1n) is 6.79. The van der Waals surface area contributed by atoms with Crippen LogP contribution in [-0.2, 0) is 0 Å². The lowest BCUT2D eigenvalue weighted by Crippen LogP contribution is -1.96. The molecule has 4 nitrogen and oxygen atoms in total. The smallest absolute Gasteiger partial charge is 0.216 e. The second-order valence-electron chi connectivity index (χ2n) is 4.90. The van der Waals surface area contributed by atoms with Gasteiger partial charge in [-0.25, -0.2) is 5.10 Å². The van der Waals surface area contributed by atoms with Crippen LogP contribution in [0.15, 0.2) is 47.6 Å². The van der Waals surface area contributed by atoms with E-state index in [2.05, 4.69) is 15.3 Å². The van der Waals surface area contributed by atoms with E-state index < -0.39 is 0 Å². The van der Waals surface area contributed by atoms with Gasteiger partial charge in [0.05, 0.1) is 16.3 Å². The van der Waals surface area contributed by atoms with Crippen molar-refractivity contribution in [3.05, 3.63) is 68.4 Å². The molecule has 0 saturated heterocycles. The molecule has 3 aromatic rings. The van der Waals surface area contributed by atoms with Gasteiger partial charge in [-0.2, -0.15) is 14.9 Å². The van der Waals surface area contributed by atoms with Crippen molar-refractivity contribution in [2.24, 2.45) is 5.10 Å². The normalized spacial score (nSPS) is 11.3. The van der Waals surface area contributed by atoms with Crippen LogP contribution < -0.4 is 0 Å². The summed E-state index contributed by atoms with van der Waals surface area (Å²) in [4.78, 5) is 0. The van der Waals surface area contributed by atoms with E-state index in [1.165, 1.54) is 0 Å². The van der Waals surface area contributed by atoms with Gasteiger partial charge in [0.25, 0.3) is 0 Å². The summed E-state index contributed by atoms with van der Waals surface area (Å²) in [6.45, 7) is 2.01. The van der Waals surface area contributed by atoms with Crippen molar-refractivity contribution in [2.75, 3.05) is 0 Å². The van der Waals surface area contributed by atoms with Crippen LogP contribution in [0.1, 0.15) is 11.1 Å². The van der Waals surface area contributed by atoms with Crippen molar-refractivity contribution in [3.63, 3.8) is 0 Å². The number of rotatable bonds is 3. The minimum absolute atomic E-state index is 0.416. The molecule has 0 aliphatic heterocycles. The van der Waals surface area contributed by atoms with Crippen molar-refractivity contribution < 1.29 is 0 Å². The fourth-order valence-corrected chi connectivity index (χ4v) is 2.60. The molecule has 0 bridgehead atoms. The van der Waals surface area contributed by atoms with Gasteiger partial charge in [-0.3, -0.25) is 0 Å². The highest BCUT2D eigenvalue weighted by molar-refractivity contribution is 7.71. The van der Waals surface area contributed by atoms with Crippen molar-refractivity contribution in [1.29, 1.82) is 0 Å². The summed E-state index contributed by atoms with van der Waals surface area (Å²) in [6, 6.07) is 13.2. The van der Waals surface area contributed by atoms with Gasteiger partial charge in [0.1, 0.15) is 0 Å². The predicted octanol–water partition coefficient (Wildman–Crippen LogP) is 5.11. The molecule has 0 amide bonds. The zero-order valence-electron chi connectivity index (χ0n) is 12.1. The molecule has 116 valence electrons. The molecule has 0 saturated carbocycles. The minimum Gasteiger partial charge on any atom is -0.250 e. The number of nitrogens with zero attached hydrogens (tertiary/aromatic N) is 3. The Morgan fingerprint density at radius 2 is 1.96 bits per heavy atom. The number of hydrogen-bond acceptors (Lipinski definition) is 3. The third kappa shape index (κ3) is 3.37. The largest absolute Gasteiger partial charge is 0.250 e. The molecule has 1 heterocycles. The van der Waals surface area contributed by atoms with E-state index in [4.69, 9.17) is 35.4 Å². The highest BCUT2D eigenvalue weighted by Crippen LogP contribution is 2.23. The van der Waals surface area contributed by atoms with Gasteiger partial charge in [-0.05, 0) is 42.4 Å². The van der Waals surface area contributed by atoms with Gasteiger partial charge in [-0.15, -0.1) is 0 Å². The van der Waals surface area contributed by atoms with E-state index in [0.29, 0.717) is 20.6 Å². The lowest BCUT2D eigenvalue weighted by molar-refractivity contribution is 0.871. The lowest BCUT2D eigenvalue weighted by atomic mass is 10.1. The molecule has 3 rings (SSSR count). The summed E-state index contributed by atoms with van der Waals surface area (Å²) in [5, 5.41) is 12.4. The number of benzene rings is 2. The van der Waals surface area contributed by atoms with Gasteiger partial charge in [0.15, 0.2) is 5.82 Å². The van der Waals surface area contributed by atoms with Gasteiger partial charge in [0, 0.05) is 5.56 Å². The zero-order valence-corrected chi connectivity index (χ0v) is 14.5. The Kier molecular flexibility index (Phi) is 4.61. The van der Waals surface area contributed by atoms with Gasteiger partial charge in [-0.1, -0.05) is 53.5 Å². The topological polar surface area (TPSA) is 46.0 Å². The van der Waals surface area contributed by atoms with Crippen LogP contribution in [0.4, 0.5) is 0 Å². The van der Waals surface area contributed by atoms with Crippen LogP contribution in [0.25, 0.3) is 11.4 Å². The number of nitrogens with one attached hydrogen (secondary N) is 1. The van der Waals surface area contributed by atoms with Crippen molar-refractivity contribution in [3.8, 4) is 11.4 Å². The zero-order chi connectivity index (χ0) is 16.4. The Bertz CT molecular complexity index is 943. The molecule has 0 fully saturated rings. The molecule has 0 unspecified atom stereocenters. The van der Waals surface area contributed by atoms with E-state index in [-0.39, 0.29) is 0 Å². The van der Waals surface area contributed by atoms with Crippen molar-refractivity contribution in [1.82, 2.24) is 14.9 Å². The Balaban J connectivity index is 2.02. The fraction of sp³-hybridized carbons (Fsp3) is 0.0625. The molecule has 0 atom stereocenters. The molecule has 1 N–H and O–H groups in total. The number of halogens is 2. The minimum atomic E-state index is 0.416. The Labute approximate surface area is 148 Å². The summed E-state index contributed by atoms with van der Waals surface area (Å²) in [5.41, 5.74) is 2.87. The quantitative estimate of drug-likeness (QED) is 0.520. The molecule has 0 aliphatic carbocycles. The van der Waals surface area contributed by atoms with Gasteiger partial charge < -0.3 is 0 Å². The third-order valence-electron chi connectivity index (χ3n) is 3.30. The van der Waals surface area contributed by atoms with Crippen LogP contribution in [0.2, 0.25) is 10.0 Å². The average Bonchev–Trinajstić information content (AvgIpc) is 2.90.